The van der Waals surface area contributed by atoms with Crippen LogP contribution in [0.2, 0.25) is 0 Å². The fourth-order valence-corrected chi connectivity index (χ4v) is 1.95. The van der Waals surface area contributed by atoms with E-state index in [4.69, 9.17) is 9.47 Å². The highest BCUT2D eigenvalue weighted by Gasteiger charge is 2.13. The molecule has 2 rings (SSSR count). The molecule has 0 saturated carbocycles. The average Bonchev–Trinajstić information content (AvgIpc) is 2.38. The molecule has 1 fully saturated rings. The SMILES string of the molecule is COc1ccc(CNC2CCOCC2)c(F)c1. The lowest BCUT2D eigenvalue weighted by Crippen LogP contribution is -2.34. The lowest BCUT2D eigenvalue weighted by molar-refractivity contribution is 0.0775. The topological polar surface area (TPSA) is 30.5 Å². The Bertz CT molecular complexity index is 364. The number of benzene rings is 1. The molecule has 3 nitrogen and oxygen atoms in total. The van der Waals surface area contributed by atoms with E-state index in [2.05, 4.69) is 5.32 Å². The number of rotatable bonds is 4. The number of nitrogens with one attached hydrogen (secondary N) is 1. The molecule has 0 amide bonds. The Morgan fingerprint density at radius 3 is 2.82 bits per heavy atom. The Hall–Kier alpha value is -1.13. The Labute approximate surface area is 101 Å². The number of hydrogen-bond acceptors (Lipinski definition) is 3. The zero-order valence-corrected chi connectivity index (χ0v) is 10.0. The molecule has 4 heteroatoms. The van der Waals surface area contributed by atoms with Crippen LogP contribution in [0.3, 0.4) is 0 Å². The van der Waals surface area contributed by atoms with E-state index in [0.717, 1.165) is 26.1 Å². The molecule has 1 aliphatic rings. The van der Waals surface area contributed by atoms with Gasteiger partial charge in [0.05, 0.1) is 7.11 Å². The molecular formula is C13H18FNO2. The third-order valence-corrected chi connectivity index (χ3v) is 3.06. The first-order chi connectivity index (χ1) is 8.29. The first-order valence-corrected chi connectivity index (χ1v) is 5.93. The second kappa shape index (κ2) is 5.98. The predicted molar refractivity (Wildman–Crippen MR) is 63.6 cm³/mol. The standard InChI is InChI=1S/C13H18FNO2/c1-16-12-3-2-10(13(14)8-12)9-15-11-4-6-17-7-5-11/h2-3,8,11,15H,4-7,9H2,1H3. The second-order valence-electron chi connectivity index (χ2n) is 4.22. The van der Waals surface area contributed by atoms with Crippen molar-refractivity contribution in [1.82, 2.24) is 5.32 Å². The van der Waals surface area contributed by atoms with Gasteiger partial charge in [0.1, 0.15) is 11.6 Å². The average molecular weight is 239 g/mol. The lowest BCUT2D eigenvalue weighted by atomic mass is 10.1. The minimum Gasteiger partial charge on any atom is -0.497 e. The summed E-state index contributed by atoms with van der Waals surface area (Å²) in [6, 6.07) is 5.40. The van der Waals surface area contributed by atoms with Gasteiger partial charge >= 0.3 is 0 Å². The van der Waals surface area contributed by atoms with E-state index in [0.29, 0.717) is 23.9 Å². The molecular weight excluding hydrogens is 221 g/mol. The van der Waals surface area contributed by atoms with Crippen molar-refractivity contribution in [3.05, 3.63) is 29.6 Å². The molecule has 1 aliphatic heterocycles. The Balaban J connectivity index is 1.89. The van der Waals surface area contributed by atoms with E-state index in [9.17, 15) is 4.39 Å². The fourth-order valence-electron chi connectivity index (χ4n) is 1.95. The van der Waals surface area contributed by atoms with Crippen molar-refractivity contribution in [1.29, 1.82) is 0 Å². The van der Waals surface area contributed by atoms with Crippen LogP contribution in [0.15, 0.2) is 18.2 Å². The lowest BCUT2D eigenvalue weighted by Gasteiger charge is -2.23. The van der Waals surface area contributed by atoms with Gasteiger partial charge in [0.25, 0.3) is 0 Å². The van der Waals surface area contributed by atoms with E-state index in [-0.39, 0.29) is 5.82 Å². The molecule has 1 saturated heterocycles. The summed E-state index contributed by atoms with van der Waals surface area (Å²) in [7, 11) is 1.54. The van der Waals surface area contributed by atoms with Crippen molar-refractivity contribution in [3.63, 3.8) is 0 Å². The van der Waals surface area contributed by atoms with Gasteiger partial charge < -0.3 is 14.8 Å². The van der Waals surface area contributed by atoms with Gasteiger partial charge in [-0.1, -0.05) is 6.07 Å². The highest BCUT2D eigenvalue weighted by molar-refractivity contribution is 5.28. The van der Waals surface area contributed by atoms with Crippen LogP contribution in [0, 0.1) is 5.82 Å². The van der Waals surface area contributed by atoms with Crippen molar-refractivity contribution in [2.75, 3.05) is 20.3 Å². The van der Waals surface area contributed by atoms with Gasteiger partial charge in [-0.3, -0.25) is 0 Å². The maximum atomic E-state index is 13.6. The van der Waals surface area contributed by atoms with Crippen molar-refractivity contribution in [2.24, 2.45) is 0 Å². The normalized spacial score (nSPS) is 17.1. The predicted octanol–water partition coefficient (Wildman–Crippen LogP) is 2.10. The molecule has 0 aliphatic carbocycles. The van der Waals surface area contributed by atoms with Gasteiger partial charge in [0.15, 0.2) is 0 Å². The Morgan fingerprint density at radius 2 is 2.18 bits per heavy atom. The van der Waals surface area contributed by atoms with E-state index in [1.54, 1.807) is 12.1 Å². The van der Waals surface area contributed by atoms with Crippen LogP contribution < -0.4 is 10.1 Å². The fraction of sp³-hybridized carbons (Fsp3) is 0.538. The highest BCUT2D eigenvalue weighted by atomic mass is 19.1. The first kappa shape index (κ1) is 12.3. The largest absolute Gasteiger partial charge is 0.497 e. The summed E-state index contributed by atoms with van der Waals surface area (Å²) >= 11 is 0. The second-order valence-corrected chi connectivity index (χ2v) is 4.22. The summed E-state index contributed by atoms with van der Waals surface area (Å²) in [5.74, 6) is 0.334. The van der Waals surface area contributed by atoms with Gasteiger partial charge in [0.2, 0.25) is 0 Å². The zero-order chi connectivity index (χ0) is 12.1. The van der Waals surface area contributed by atoms with Crippen LogP contribution in [0.4, 0.5) is 4.39 Å². The van der Waals surface area contributed by atoms with Crippen molar-refractivity contribution < 1.29 is 13.9 Å². The molecule has 94 valence electrons. The third-order valence-electron chi connectivity index (χ3n) is 3.06. The summed E-state index contributed by atoms with van der Waals surface area (Å²) in [5, 5.41) is 3.36. The summed E-state index contributed by atoms with van der Waals surface area (Å²) in [5.41, 5.74) is 0.678. The molecule has 1 N–H and O–H groups in total. The monoisotopic (exact) mass is 239 g/mol. The molecule has 0 unspecified atom stereocenters. The minimum atomic E-state index is -0.219. The summed E-state index contributed by atoms with van der Waals surface area (Å²) in [6.07, 6.45) is 2.00. The van der Waals surface area contributed by atoms with Crippen LogP contribution >= 0.6 is 0 Å². The van der Waals surface area contributed by atoms with Crippen LogP contribution in [-0.4, -0.2) is 26.4 Å². The van der Waals surface area contributed by atoms with Gasteiger partial charge in [-0.25, -0.2) is 4.39 Å². The van der Waals surface area contributed by atoms with Gasteiger partial charge in [0, 0.05) is 37.4 Å². The molecule has 0 atom stereocenters. The molecule has 1 aromatic carbocycles. The molecule has 0 spiro atoms. The maximum absolute atomic E-state index is 13.6. The Kier molecular flexibility index (Phi) is 4.34. The van der Waals surface area contributed by atoms with Gasteiger partial charge in [-0.2, -0.15) is 0 Å². The van der Waals surface area contributed by atoms with Gasteiger partial charge in [-0.15, -0.1) is 0 Å². The van der Waals surface area contributed by atoms with Gasteiger partial charge in [-0.05, 0) is 18.9 Å². The van der Waals surface area contributed by atoms with Crippen LogP contribution in [0.1, 0.15) is 18.4 Å². The zero-order valence-electron chi connectivity index (χ0n) is 10.0. The van der Waals surface area contributed by atoms with Crippen molar-refractivity contribution >= 4 is 0 Å². The third kappa shape index (κ3) is 3.41. The molecule has 1 heterocycles. The quantitative estimate of drug-likeness (QED) is 0.873. The van der Waals surface area contributed by atoms with E-state index in [1.807, 2.05) is 0 Å². The smallest absolute Gasteiger partial charge is 0.131 e. The summed E-state index contributed by atoms with van der Waals surface area (Å²) in [6.45, 7) is 2.14. The molecule has 17 heavy (non-hydrogen) atoms. The minimum absolute atomic E-state index is 0.219. The summed E-state index contributed by atoms with van der Waals surface area (Å²) < 4.78 is 23.9. The number of hydrogen-bond donors (Lipinski definition) is 1. The van der Waals surface area contributed by atoms with Crippen LogP contribution in [-0.2, 0) is 11.3 Å². The van der Waals surface area contributed by atoms with E-state index < -0.39 is 0 Å². The first-order valence-electron chi connectivity index (χ1n) is 5.93. The highest BCUT2D eigenvalue weighted by Crippen LogP contribution is 2.16. The van der Waals surface area contributed by atoms with Crippen LogP contribution in [0.25, 0.3) is 0 Å². The summed E-state index contributed by atoms with van der Waals surface area (Å²) in [4.78, 5) is 0. The van der Waals surface area contributed by atoms with Crippen molar-refractivity contribution in [2.45, 2.75) is 25.4 Å². The van der Waals surface area contributed by atoms with Crippen molar-refractivity contribution in [3.8, 4) is 5.75 Å². The number of halogens is 1. The molecule has 1 aromatic rings. The van der Waals surface area contributed by atoms with E-state index in [1.165, 1.54) is 13.2 Å². The number of ether oxygens (including phenoxy) is 2. The Morgan fingerprint density at radius 1 is 1.41 bits per heavy atom. The molecule has 0 bridgehead atoms. The number of methoxy groups -OCH3 is 1. The van der Waals surface area contributed by atoms with E-state index >= 15 is 0 Å². The maximum Gasteiger partial charge on any atom is 0.131 e. The molecule has 0 aromatic heterocycles. The molecule has 0 radical (unpaired) electrons. The van der Waals surface area contributed by atoms with Crippen LogP contribution in [0.5, 0.6) is 5.75 Å².